The number of benzene rings is 1. The van der Waals surface area contributed by atoms with E-state index in [1.165, 1.54) is 28.4 Å². The third-order valence-corrected chi connectivity index (χ3v) is 7.27. The van der Waals surface area contributed by atoms with Crippen LogP contribution in [0.3, 0.4) is 0 Å². The Bertz CT molecular complexity index is 936. The molecule has 162 valence electrons. The van der Waals surface area contributed by atoms with Crippen molar-refractivity contribution in [1.29, 1.82) is 0 Å². The molecule has 12 heteroatoms. The van der Waals surface area contributed by atoms with Crippen LogP contribution in [-0.2, 0) is 40.8 Å². The van der Waals surface area contributed by atoms with Crippen molar-refractivity contribution in [1.82, 2.24) is 13.9 Å². The summed E-state index contributed by atoms with van der Waals surface area (Å²) in [6.45, 7) is 0.559. The molecule has 0 atom stereocenters. The van der Waals surface area contributed by atoms with E-state index in [1.54, 1.807) is 12.1 Å². The largest absolute Gasteiger partial charge is 0.456 e. The lowest BCUT2D eigenvalue weighted by atomic mass is 10.1. The lowest BCUT2D eigenvalue weighted by Crippen LogP contribution is -2.51. The van der Waals surface area contributed by atoms with Crippen molar-refractivity contribution in [3.63, 3.8) is 0 Å². The molecule has 2 rings (SSSR count). The maximum absolute atomic E-state index is 12.1. The SMILES string of the molecule is CNS(=O)(=O)c1ccc(CCC(=O)OCC(=O)N2CCN(S(C)(=O)=O)CC2)cc1. The number of carbonyl (C=O) groups excluding carboxylic acids is 2. The quantitative estimate of drug-likeness (QED) is 0.515. The second kappa shape index (κ2) is 9.65. The van der Waals surface area contributed by atoms with Crippen LogP contribution in [0, 0.1) is 0 Å². The molecule has 1 aromatic rings. The smallest absolute Gasteiger partial charge is 0.306 e. The number of nitrogens with zero attached hydrogens (tertiary/aromatic N) is 2. The number of sulfonamides is 2. The second-order valence-corrected chi connectivity index (χ2v) is 10.4. The Labute approximate surface area is 170 Å². The van der Waals surface area contributed by atoms with Crippen LogP contribution in [0.1, 0.15) is 12.0 Å². The van der Waals surface area contributed by atoms with Gasteiger partial charge in [-0.2, -0.15) is 4.31 Å². The summed E-state index contributed by atoms with van der Waals surface area (Å²) in [5.74, 6) is -0.909. The van der Waals surface area contributed by atoms with Gasteiger partial charge in [0.1, 0.15) is 0 Å². The minimum absolute atomic E-state index is 0.0489. The first kappa shape index (κ1) is 23.3. The van der Waals surface area contributed by atoms with Gasteiger partial charge in [-0.15, -0.1) is 0 Å². The van der Waals surface area contributed by atoms with Crippen molar-refractivity contribution in [2.45, 2.75) is 17.7 Å². The van der Waals surface area contributed by atoms with Crippen LogP contribution in [0.15, 0.2) is 29.2 Å². The molecule has 1 saturated heterocycles. The van der Waals surface area contributed by atoms with E-state index in [0.29, 0.717) is 6.42 Å². The van der Waals surface area contributed by atoms with Crippen LogP contribution in [0.25, 0.3) is 0 Å². The van der Waals surface area contributed by atoms with E-state index in [2.05, 4.69) is 4.72 Å². The molecule has 1 heterocycles. The Hall–Kier alpha value is -2.02. The summed E-state index contributed by atoms with van der Waals surface area (Å²) < 4.78 is 54.8. The van der Waals surface area contributed by atoms with E-state index < -0.39 is 32.6 Å². The fraction of sp³-hybridized carbons (Fsp3) is 0.529. The minimum atomic E-state index is -3.51. The van der Waals surface area contributed by atoms with Gasteiger partial charge in [-0.3, -0.25) is 9.59 Å². The maximum atomic E-state index is 12.1. The van der Waals surface area contributed by atoms with Gasteiger partial charge in [0, 0.05) is 32.6 Å². The number of ether oxygens (including phenoxy) is 1. The number of hydrogen-bond acceptors (Lipinski definition) is 7. The minimum Gasteiger partial charge on any atom is -0.456 e. The average molecular weight is 448 g/mol. The van der Waals surface area contributed by atoms with Gasteiger partial charge in [-0.1, -0.05) is 12.1 Å². The molecule has 1 N–H and O–H groups in total. The van der Waals surface area contributed by atoms with E-state index in [-0.39, 0.29) is 43.4 Å². The lowest BCUT2D eigenvalue weighted by molar-refractivity contribution is -0.152. The molecule has 1 aliphatic rings. The highest BCUT2D eigenvalue weighted by Gasteiger charge is 2.26. The summed E-state index contributed by atoms with van der Waals surface area (Å²) in [5.41, 5.74) is 0.764. The molecular formula is C17H25N3O7S2. The van der Waals surface area contributed by atoms with Gasteiger partial charge in [0.2, 0.25) is 20.0 Å². The second-order valence-electron chi connectivity index (χ2n) is 6.56. The van der Waals surface area contributed by atoms with Gasteiger partial charge in [0.05, 0.1) is 11.2 Å². The predicted octanol–water partition coefficient (Wildman–Crippen LogP) is -0.826. The standard InChI is InChI=1S/C17H25N3O7S2/c1-18-29(25,26)15-6-3-14(4-7-15)5-8-17(22)27-13-16(21)19-9-11-20(12-10-19)28(2,23)24/h3-4,6-7,18H,5,8-13H2,1-2H3. The van der Waals surface area contributed by atoms with Gasteiger partial charge >= 0.3 is 5.97 Å². The van der Waals surface area contributed by atoms with E-state index >= 15 is 0 Å². The van der Waals surface area contributed by atoms with Crippen molar-refractivity contribution >= 4 is 31.9 Å². The van der Waals surface area contributed by atoms with E-state index in [1.807, 2.05) is 0 Å². The van der Waals surface area contributed by atoms with E-state index in [4.69, 9.17) is 4.74 Å². The first-order valence-electron chi connectivity index (χ1n) is 8.94. The van der Waals surface area contributed by atoms with Crippen molar-refractivity contribution < 1.29 is 31.2 Å². The number of piperazine rings is 1. The van der Waals surface area contributed by atoms with E-state index in [0.717, 1.165) is 11.8 Å². The Balaban J connectivity index is 1.74. The molecule has 29 heavy (non-hydrogen) atoms. The summed E-state index contributed by atoms with van der Waals surface area (Å²) in [4.78, 5) is 25.6. The average Bonchev–Trinajstić information content (AvgIpc) is 2.70. The fourth-order valence-electron chi connectivity index (χ4n) is 2.77. The number of amides is 1. The van der Waals surface area contributed by atoms with Crippen molar-refractivity contribution in [2.24, 2.45) is 0 Å². The Morgan fingerprint density at radius 1 is 1.03 bits per heavy atom. The zero-order valence-electron chi connectivity index (χ0n) is 16.3. The molecule has 0 aromatic heterocycles. The van der Waals surface area contributed by atoms with Gasteiger partial charge in [-0.25, -0.2) is 21.6 Å². The zero-order chi connectivity index (χ0) is 21.7. The van der Waals surface area contributed by atoms with Crippen LogP contribution in [0.2, 0.25) is 0 Å². The van der Waals surface area contributed by atoms with Crippen LogP contribution in [0.5, 0.6) is 0 Å². The summed E-state index contributed by atoms with van der Waals surface area (Å²) in [7, 11) is -5.46. The number of rotatable bonds is 8. The number of nitrogens with one attached hydrogen (secondary N) is 1. The first-order chi connectivity index (χ1) is 13.5. The van der Waals surface area contributed by atoms with E-state index in [9.17, 15) is 26.4 Å². The molecule has 1 aliphatic heterocycles. The molecule has 0 aliphatic carbocycles. The molecule has 0 radical (unpaired) electrons. The lowest BCUT2D eigenvalue weighted by Gasteiger charge is -2.33. The highest BCUT2D eigenvalue weighted by Crippen LogP contribution is 2.12. The molecule has 1 fully saturated rings. The van der Waals surface area contributed by atoms with Gasteiger partial charge in [0.25, 0.3) is 5.91 Å². The fourth-order valence-corrected chi connectivity index (χ4v) is 4.33. The van der Waals surface area contributed by atoms with Crippen molar-refractivity contribution in [2.75, 3.05) is 46.1 Å². The molecule has 1 amide bonds. The Morgan fingerprint density at radius 2 is 1.62 bits per heavy atom. The van der Waals surface area contributed by atoms with Crippen LogP contribution in [0.4, 0.5) is 0 Å². The van der Waals surface area contributed by atoms with Gasteiger partial charge in [-0.05, 0) is 31.2 Å². The van der Waals surface area contributed by atoms with Gasteiger partial charge < -0.3 is 9.64 Å². The molecule has 0 bridgehead atoms. The molecule has 0 unspecified atom stereocenters. The molecule has 10 nitrogen and oxygen atoms in total. The van der Waals surface area contributed by atoms with Gasteiger partial charge in [0.15, 0.2) is 6.61 Å². The highest BCUT2D eigenvalue weighted by molar-refractivity contribution is 7.89. The molecular weight excluding hydrogens is 422 g/mol. The van der Waals surface area contributed by atoms with Crippen LogP contribution < -0.4 is 4.72 Å². The topological polar surface area (TPSA) is 130 Å². The predicted molar refractivity (Wildman–Crippen MR) is 105 cm³/mol. The van der Waals surface area contributed by atoms with Crippen molar-refractivity contribution in [3.05, 3.63) is 29.8 Å². The van der Waals surface area contributed by atoms with Crippen molar-refractivity contribution in [3.8, 4) is 0 Å². The zero-order valence-corrected chi connectivity index (χ0v) is 18.0. The molecule has 1 aromatic carbocycles. The summed E-state index contributed by atoms with van der Waals surface area (Å²) in [5, 5.41) is 0. The molecule has 0 saturated carbocycles. The number of esters is 1. The normalized spacial score (nSPS) is 15.9. The third-order valence-electron chi connectivity index (χ3n) is 4.54. The first-order valence-corrected chi connectivity index (χ1v) is 12.3. The number of aryl methyl sites for hydroxylation is 1. The third kappa shape index (κ3) is 6.77. The molecule has 0 spiro atoms. The Morgan fingerprint density at radius 3 is 2.14 bits per heavy atom. The number of hydrogen-bond donors (Lipinski definition) is 1. The Kier molecular flexibility index (Phi) is 7.74. The van der Waals surface area contributed by atoms with Crippen LogP contribution >= 0.6 is 0 Å². The number of carbonyl (C=O) groups is 2. The summed E-state index contributed by atoms with van der Waals surface area (Å²) in [6.07, 6.45) is 1.52. The highest BCUT2D eigenvalue weighted by atomic mass is 32.2. The summed E-state index contributed by atoms with van der Waals surface area (Å²) in [6, 6.07) is 6.13. The maximum Gasteiger partial charge on any atom is 0.306 e. The summed E-state index contributed by atoms with van der Waals surface area (Å²) >= 11 is 0. The van der Waals surface area contributed by atoms with Crippen LogP contribution in [-0.4, -0.2) is 84.0 Å². The monoisotopic (exact) mass is 447 g/mol.